The van der Waals surface area contributed by atoms with Gasteiger partial charge in [0.1, 0.15) is 5.82 Å². The van der Waals surface area contributed by atoms with Crippen molar-refractivity contribution in [2.24, 2.45) is 5.92 Å². The Morgan fingerprint density at radius 2 is 2.35 bits per heavy atom. The van der Waals surface area contributed by atoms with Gasteiger partial charge in [0.05, 0.1) is 11.0 Å². The number of hydrogen-bond donors (Lipinski definition) is 1. The average molecular weight is 277 g/mol. The van der Waals surface area contributed by atoms with Gasteiger partial charge in [-0.3, -0.25) is 4.57 Å². The van der Waals surface area contributed by atoms with Crippen molar-refractivity contribution in [1.82, 2.24) is 14.9 Å². The molecule has 6 heteroatoms. The minimum Gasteiger partial charge on any atom is -0.375 e. The molecule has 1 aromatic carbocycles. The van der Waals surface area contributed by atoms with Crippen LogP contribution < -0.4 is 10.1 Å². The van der Waals surface area contributed by atoms with Gasteiger partial charge in [0.15, 0.2) is 0 Å². The van der Waals surface area contributed by atoms with E-state index in [2.05, 4.69) is 10.3 Å². The highest BCUT2D eigenvalue weighted by molar-refractivity contribution is 5.78. The van der Waals surface area contributed by atoms with E-state index < -0.39 is 6.09 Å². The third-order valence-electron chi connectivity index (χ3n) is 3.32. The summed E-state index contributed by atoms with van der Waals surface area (Å²) in [5.41, 5.74) is 1.29. The topological polar surface area (TPSA) is 56.1 Å². The molecular formula is C14H16FN3O2. The van der Waals surface area contributed by atoms with E-state index in [1.807, 2.05) is 11.5 Å². The maximum Gasteiger partial charge on any atom is 0.415 e. The van der Waals surface area contributed by atoms with Gasteiger partial charge < -0.3 is 10.1 Å². The van der Waals surface area contributed by atoms with Crippen LogP contribution >= 0.6 is 0 Å². The molecule has 1 aromatic heterocycles. The minimum atomic E-state index is -0.541. The van der Waals surface area contributed by atoms with Gasteiger partial charge in [0, 0.05) is 19.2 Å². The van der Waals surface area contributed by atoms with Gasteiger partial charge in [-0.15, -0.1) is 0 Å². The van der Waals surface area contributed by atoms with Crippen LogP contribution in [-0.4, -0.2) is 22.2 Å². The molecule has 0 atom stereocenters. The van der Waals surface area contributed by atoms with Crippen molar-refractivity contribution in [2.45, 2.75) is 26.3 Å². The molecule has 0 aliphatic heterocycles. The number of halogens is 1. The van der Waals surface area contributed by atoms with Crippen LogP contribution in [0.3, 0.4) is 0 Å². The quantitative estimate of drug-likeness (QED) is 0.934. The molecule has 0 unspecified atom stereocenters. The second kappa shape index (κ2) is 5.11. The van der Waals surface area contributed by atoms with E-state index in [0.29, 0.717) is 18.0 Å². The molecule has 1 aliphatic carbocycles. The van der Waals surface area contributed by atoms with Crippen molar-refractivity contribution >= 4 is 17.1 Å². The Morgan fingerprint density at radius 1 is 1.55 bits per heavy atom. The summed E-state index contributed by atoms with van der Waals surface area (Å²) < 4.78 is 20.3. The number of fused-ring (bicyclic) bond motifs is 1. The first-order chi connectivity index (χ1) is 9.67. The standard InChI is InChI=1S/C14H16FN3O2/c1-2-16-14(19)20-13-17-11-7-10(15)5-6-12(11)18(13)8-9-3-4-9/h5-7,9H,2-4,8H2,1H3,(H,16,19). The van der Waals surface area contributed by atoms with Crippen molar-refractivity contribution in [3.05, 3.63) is 24.0 Å². The van der Waals surface area contributed by atoms with Crippen LogP contribution in [0.1, 0.15) is 19.8 Å². The second-order valence-electron chi connectivity index (χ2n) is 5.00. The Hall–Kier alpha value is -2.11. The summed E-state index contributed by atoms with van der Waals surface area (Å²) in [5.74, 6) is 0.243. The molecule has 1 amide bonds. The summed E-state index contributed by atoms with van der Waals surface area (Å²) in [6.07, 6.45) is 1.79. The average Bonchev–Trinajstić information content (AvgIpc) is 3.14. The van der Waals surface area contributed by atoms with Gasteiger partial charge in [0.25, 0.3) is 0 Å². The fraction of sp³-hybridized carbons (Fsp3) is 0.429. The van der Waals surface area contributed by atoms with Gasteiger partial charge in [-0.1, -0.05) is 0 Å². The van der Waals surface area contributed by atoms with E-state index in [0.717, 1.165) is 12.1 Å². The van der Waals surface area contributed by atoms with Crippen molar-refractivity contribution in [3.63, 3.8) is 0 Å². The van der Waals surface area contributed by atoms with E-state index in [9.17, 15) is 9.18 Å². The molecule has 0 bridgehead atoms. The normalized spacial score (nSPS) is 14.5. The van der Waals surface area contributed by atoms with Crippen molar-refractivity contribution in [2.75, 3.05) is 6.54 Å². The summed E-state index contributed by atoms with van der Waals surface area (Å²) in [5, 5.41) is 2.56. The number of amides is 1. The molecule has 5 nitrogen and oxygen atoms in total. The van der Waals surface area contributed by atoms with Crippen LogP contribution in [0.25, 0.3) is 11.0 Å². The zero-order valence-electron chi connectivity index (χ0n) is 11.2. The van der Waals surface area contributed by atoms with Crippen LogP contribution in [0, 0.1) is 11.7 Å². The zero-order chi connectivity index (χ0) is 14.1. The first kappa shape index (κ1) is 12.9. The number of benzene rings is 1. The summed E-state index contributed by atoms with van der Waals surface area (Å²) in [4.78, 5) is 15.8. The molecule has 1 N–H and O–H groups in total. The summed E-state index contributed by atoms with van der Waals surface area (Å²) in [7, 11) is 0. The first-order valence-electron chi connectivity index (χ1n) is 6.79. The van der Waals surface area contributed by atoms with E-state index in [-0.39, 0.29) is 11.8 Å². The van der Waals surface area contributed by atoms with Gasteiger partial charge in [-0.05, 0) is 37.8 Å². The molecule has 1 aliphatic rings. The molecule has 1 heterocycles. The molecule has 1 saturated carbocycles. The third kappa shape index (κ3) is 2.59. The largest absolute Gasteiger partial charge is 0.415 e. The highest BCUT2D eigenvalue weighted by atomic mass is 19.1. The molecular weight excluding hydrogens is 261 g/mol. The number of nitrogens with one attached hydrogen (secondary N) is 1. The molecule has 2 aromatic rings. The van der Waals surface area contributed by atoms with E-state index in [1.54, 1.807) is 6.07 Å². The Kier molecular flexibility index (Phi) is 3.30. The van der Waals surface area contributed by atoms with Gasteiger partial charge in [-0.25, -0.2) is 9.18 Å². The smallest absolute Gasteiger partial charge is 0.375 e. The maximum atomic E-state index is 13.3. The summed E-state index contributed by atoms with van der Waals surface area (Å²) >= 11 is 0. The number of aromatic nitrogens is 2. The van der Waals surface area contributed by atoms with Crippen LogP contribution in [0.15, 0.2) is 18.2 Å². The van der Waals surface area contributed by atoms with Gasteiger partial charge in [0.2, 0.25) is 0 Å². The van der Waals surface area contributed by atoms with Crippen LogP contribution in [-0.2, 0) is 6.54 Å². The fourth-order valence-corrected chi connectivity index (χ4v) is 2.16. The Morgan fingerprint density at radius 3 is 3.05 bits per heavy atom. The Labute approximate surface area is 115 Å². The van der Waals surface area contributed by atoms with E-state index in [4.69, 9.17) is 4.74 Å². The number of nitrogens with zero attached hydrogens (tertiary/aromatic N) is 2. The number of carbonyl (C=O) groups is 1. The van der Waals surface area contributed by atoms with E-state index >= 15 is 0 Å². The highest BCUT2D eigenvalue weighted by Gasteiger charge is 2.25. The Bertz CT molecular complexity index is 649. The predicted octanol–water partition coefficient (Wildman–Crippen LogP) is 2.69. The van der Waals surface area contributed by atoms with Crippen LogP contribution in [0.4, 0.5) is 9.18 Å². The number of hydrogen-bond acceptors (Lipinski definition) is 3. The first-order valence-corrected chi connectivity index (χ1v) is 6.79. The lowest BCUT2D eigenvalue weighted by Crippen LogP contribution is -2.27. The van der Waals surface area contributed by atoms with Crippen molar-refractivity contribution in [3.8, 4) is 6.01 Å². The number of ether oxygens (including phenoxy) is 1. The minimum absolute atomic E-state index is 0.225. The number of rotatable bonds is 4. The highest BCUT2D eigenvalue weighted by Crippen LogP contribution is 2.34. The summed E-state index contributed by atoms with van der Waals surface area (Å²) in [6.45, 7) is 3.04. The fourth-order valence-electron chi connectivity index (χ4n) is 2.16. The predicted molar refractivity (Wildman–Crippen MR) is 72.1 cm³/mol. The number of carbonyl (C=O) groups excluding carboxylic acids is 1. The van der Waals surface area contributed by atoms with Crippen molar-refractivity contribution < 1.29 is 13.9 Å². The lowest BCUT2D eigenvalue weighted by molar-refractivity contribution is 0.195. The molecule has 0 radical (unpaired) electrons. The van der Waals surface area contributed by atoms with Gasteiger partial charge in [-0.2, -0.15) is 4.98 Å². The molecule has 1 fully saturated rings. The van der Waals surface area contributed by atoms with Gasteiger partial charge >= 0.3 is 12.1 Å². The zero-order valence-corrected chi connectivity index (χ0v) is 11.2. The van der Waals surface area contributed by atoms with Crippen LogP contribution in [0.5, 0.6) is 6.01 Å². The monoisotopic (exact) mass is 277 g/mol. The van der Waals surface area contributed by atoms with Crippen LogP contribution in [0.2, 0.25) is 0 Å². The Balaban J connectivity index is 1.97. The maximum absolute atomic E-state index is 13.3. The second-order valence-corrected chi connectivity index (χ2v) is 5.00. The number of imidazole rings is 1. The molecule has 3 rings (SSSR count). The summed E-state index contributed by atoms with van der Waals surface area (Å²) in [6, 6.07) is 4.64. The van der Waals surface area contributed by atoms with E-state index in [1.165, 1.54) is 25.0 Å². The molecule has 106 valence electrons. The SMILES string of the molecule is CCNC(=O)Oc1nc2cc(F)ccc2n1CC1CC1. The molecule has 0 spiro atoms. The molecule has 20 heavy (non-hydrogen) atoms. The molecule has 0 saturated heterocycles. The van der Waals surface area contributed by atoms with Crippen molar-refractivity contribution in [1.29, 1.82) is 0 Å². The lowest BCUT2D eigenvalue weighted by Gasteiger charge is -2.08. The lowest BCUT2D eigenvalue weighted by atomic mass is 10.3. The third-order valence-corrected chi connectivity index (χ3v) is 3.32.